The molecular formula is C21H30O5. The number of hydrogen-bond donors (Lipinski definition) is 0. The third-order valence-electron chi connectivity index (χ3n) is 4.02. The first-order valence-corrected chi connectivity index (χ1v) is 8.95. The third-order valence-corrected chi connectivity index (χ3v) is 4.02. The molecule has 144 valence electrons. The normalized spacial score (nSPS) is 14.8. The molecule has 0 spiro atoms. The Kier molecular flexibility index (Phi) is 9.66. The second kappa shape index (κ2) is 11.5. The van der Waals surface area contributed by atoms with Gasteiger partial charge in [-0.15, -0.1) is 0 Å². The average molecular weight is 362 g/mol. The molecule has 0 aromatic heterocycles. The molecule has 26 heavy (non-hydrogen) atoms. The molecule has 0 unspecified atom stereocenters. The van der Waals surface area contributed by atoms with Gasteiger partial charge in [0.05, 0.1) is 6.10 Å². The molecule has 0 aliphatic rings. The van der Waals surface area contributed by atoms with Crippen molar-refractivity contribution in [2.24, 2.45) is 5.92 Å². The molecule has 0 aliphatic carbocycles. The van der Waals surface area contributed by atoms with Crippen LogP contribution in [0.5, 0.6) is 0 Å². The van der Waals surface area contributed by atoms with Gasteiger partial charge in [0, 0.05) is 26.0 Å². The highest BCUT2D eigenvalue weighted by Crippen LogP contribution is 2.22. The van der Waals surface area contributed by atoms with Crippen LogP contribution < -0.4 is 0 Å². The number of ether oxygens (including phenoxy) is 3. The molecule has 0 bridgehead atoms. The zero-order valence-electron chi connectivity index (χ0n) is 16.3. The average Bonchev–Trinajstić information content (AvgIpc) is 2.62. The zero-order chi connectivity index (χ0) is 19.5. The van der Waals surface area contributed by atoms with Crippen molar-refractivity contribution in [2.75, 3.05) is 7.11 Å². The van der Waals surface area contributed by atoms with Crippen molar-refractivity contribution >= 4 is 11.9 Å². The minimum Gasteiger partial charge on any atom is -0.459 e. The summed E-state index contributed by atoms with van der Waals surface area (Å²) in [5, 5.41) is 0. The molecule has 5 nitrogen and oxygen atoms in total. The molecule has 0 N–H and O–H groups in total. The third kappa shape index (κ3) is 7.83. The molecule has 1 rings (SSSR count). The monoisotopic (exact) mass is 362 g/mol. The lowest BCUT2D eigenvalue weighted by molar-refractivity contribution is -0.172. The zero-order valence-corrected chi connectivity index (χ0v) is 16.3. The maximum Gasteiger partial charge on any atom is 0.352 e. The molecule has 1 aromatic carbocycles. The maximum atomic E-state index is 12.6. The van der Waals surface area contributed by atoms with Gasteiger partial charge in [-0.2, -0.15) is 0 Å². The van der Waals surface area contributed by atoms with Gasteiger partial charge in [0.25, 0.3) is 0 Å². The molecule has 0 fully saturated rings. The largest absolute Gasteiger partial charge is 0.459 e. The summed E-state index contributed by atoms with van der Waals surface area (Å²) in [5.74, 6) is -0.939. The van der Waals surface area contributed by atoms with Gasteiger partial charge in [-0.3, -0.25) is 4.79 Å². The summed E-state index contributed by atoms with van der Waals surface area (Å²) in [7, 11) is 1.68. The summed E-state index contributed by atoms with van der Waals surface area (Å²) in [4.78, 5) is 24.0. The van der Waals surface area contributed by atoms with Gasteiger partial charge in [-0.25, -0.2) is 4.79 Å². The highest BCUT2D eigenvalue weighted by atomic mass is 16.6. The first-order valence-electron chi connectivity index (χ1n) is 8.95. The summed E-state index contributed by atoms with van der Waals surface area (Å²) >= 11 is 0. The molecule has 1 aromatic rings. The van der Waals surface area contributed by atoms with Crippen molar-refractivity contribution < 1.29 is 23.8 Å². The fraction of sp³-hybridized carbons (Fsp3) is 0.524. The number of carbonyl (C=O) groups is 2. The van der Waals surface area contributed by atoms with E-state index in [4.69, 9.17) is 14.2 Å². The second-order valence-electron chi connectivity index (χ2n) is 6.61. The number of benzene rings is 1. The molecule has 0 saturated carbocycles. The van der Waals surface area contributed by atoms with Gasteiger partial charge in [0.15, 0.2) is 0 Å². The van der Waals surface area contributed by atoms with Crippen LogP contribution in [0, 0.1) is 5.92 Å². The lowest BCUT2D eigenvalue weighted by atomic mass is 10.0. The van der Waals surface area contributed by atoms with Gasteiger partial charge in [-0.05, 0) is 19.3 Å². The van der Waals surface area contributed by atoms with Crippen LogP contribution in [0.1, 0.15) is 52.2 Å². The molecule has 0 radical (unpaired) electrons. The molecule has 0 aliphatic heterocycles. The van der Waals surface area contributed by atoms with E-state index in [2.05, 4.69) is 0 Å². The van der Waals surface area contributed by atoms with Crippen LogP contribution in [0.2, 0.25) is 0 Å². The van der Waals surface area contributed by atoms with E-state index in [-0.39, 0.29) is 18.1 Å². The highest BCUT2D eigenvalue weighted by Gasteiger charge is 2.28. The Hall–Kier alpha value is -2.14. The van der Waals surface area contributed by atoms with Gasteiger partial charge in [-0.1, -0.05) is 56.3 Å². The number of hydrogen-bond acceptors (Lipinski definition) is 5. The van der Waals surface area contributed by atoms with E-state index in [1.54, 1.807) is 31.4 Å². The summed E-state index contributed by atoms with van der Waals surface area (Å²) in [6, 6.07) is 8.90. The molecule has 0 amide bonds. The lowest BCUT2D eigenvalue weighted by Gasteiger charge is -2.23. The Morgan fingerprint density at radius 2 is 1.62 bits per heavy atom. The fourth-order valence-electron chi connectivity index (χ4n) is 2.33. The Morgan fingerprint density at radius 3 is 2.15 bits per heavy atom. The van der Waals surface area contributed by atoms with Crippen molar-refractivity contribution in [2.45, 2.75) is 58.8 Å². The van der Waals surface area contributed by atoms with Crippen molar-refractivity contribution in [3.8, 4) is 0 Å². The van der Waals surface area contributed by atoms with Crippen molar-refractivity contribution in [1.82, 2.24) is 0 Å². The summed E-state index contributed by atoms with van der Waals surface area (Å²) in [5.41, 5.74) is 0.597. The highest BCUT2D eigenvalue weighted by molar-refractivity contribution is 5.80. The van der Waals surface area contributed by atoms with Gasteiger partial charge < -0.3 is 14.2 Å². The van der Waals surface area contributed by atoms with Crippen molar-refractivity contribution in [1.29, 1.82) is 0 Å². The number of methoxy groups -OCH3 is 1. The smallest absolute Gasteiger partial charge is 0.352 e. The van der Waals surface area contributed by atoms with E-state index in [1.165, 1.54) is 6.92 Å². The maximum absolute atomic E-state index is 12.6. The predicted molar refractivity (Wildman–Crippen MR) is 101 cm³/mol. The lowest BCUT2D eigenvalue weighted by Crippen LogP contribution is -2.28. The first kappa shape index (κ1) is 21.9. The van der Waals surface area contributed by atoms with Gasteiger partial charge in [0.1, 0.15) is 6.10 Å². The van der Waals surface area contributed by atoms with Crippen LogP contribution in [0.3, 0.4) is 0 Å². The van der Waals surface area contributed by atoms with E-state index in [1.807, 2.05) is 39.0 Å². The summed E-state index contributed by atoms with van der Waals surface area (Å²) in [6.07, 6.45) is 4.23. The summed E-state index contributed by atoms with van der Waals surface area (Å²) < 4.78 is 16.1. The standard InChI is InChI=1S/C21H30O5/c1-15(2)19(14-10-9-11-16(3)24-5)26-21(23)20(25-17(4)22)18-12-7-6-8-13-18/h6-10,12-13,15-16,19-20H,11,14H2,1-5H3/b10-9-/t16-,19-,20-/m1/s1. The molecule has 0 heterocycles. The van der Waals surface area contributed by atoms with Crippen LogP contribution in [-0.4, -0.2) is 31.3 Å². The van der Waals surface area contributed by atoms with Crippen LogP contribution in [0.4, 0.5) is 0 Å². The fourth-order valence-corrected chi connectivity index (χ4v) is 2.33. The molecule has 5 heteroatoms. The second-order valence-corrected chi connectivity index (χ2v) is 6.61. The van der Waals surface area contributed by atoms with E-state index in [0.29, 0.717) is 12.0 Å². The van der Waals surface area contributed by atoms with Crippen molar-refractivity contribution in [3.63, 3.8) is 0 Å². The van der Waals surface area contributed by atoms with Gasteiger partial charge >= 0.3 is 11.9 Å². The van der Waals surface area contributed by atoms with Crippen LogP contribution in [0.15, 0.2) is 42.5 Å². The van der Waals surface area contributed by atoms with Crippen LogP contribution in [0.25, 0.3) is 0 Å². The molecule has 0 saturated heterocycles. The van der Waals surface area contributed by atoms with Crippen LogP contribution in [-0.2, 0) is 23.8 Å². The SMILES string of the molecule is CO[C@H](C)C/C=C\C[C@@H](OC(=O)[C@H](OC(C)=O)c1ccccc1)C(C)C. The summed E-state index contributed by atoms with van der Waals surface area (Å²) in [6.45, 7) is 7.26. The van der Waals surface area contributed by atoms with E-state index < -0.39 is 18.0 Å². The van der Waals surface area contributed by atoms with E-state index in [9.17, 15) is 9.59 Å². The molecule has 3 atom stereocenters. The number of esters is 2. The minimum atomic E-state index is -1.05. The van der Waals surface area contributed by atoms with Crippen molar-refractivity contribution in [3.05, 3.63) is 48.0 Å². The Morgan fingerprint density at radius 1 is 1.00 bits per heavy atom. The minimum absolute atomic E-state index is 0.136. The van der Waals surface area contributed by atoms with Crippen LogP contribution >= 0.6 is 0 Å². The predicted octanol–water partition coefficient (Wildman–Crippen LogP) is 4.23. The van der Waals surface area contributed by atoms with E-state index >= 15 is 0 Å². The Labute approximate surface area is 156 Å². The Bertz CT molecular complexity index is 579. The number of carbonyl (C=O) groups excluding carboxylic acids is 2. The molecular weight excluding hydrogens is 332 g/mol. The number of rotatable bonds is 10. The topological polar surface area (TPSA) is 61.8 Å². The van der Waals surface area contributed by atoms with Gasteiger partial charge in [0.2, 0.25) is 6.10 Å². The first-order chi connectivity index (χ1) is 12.3. The van der Waals surface area contributed by atoms with E-state index in [0.717, 1.165) is 6.42 Å². The Balaban J connectivity index is 2.77. The quantitative estimate of drug-likeness (QED) is 0.460.